The van der Waals surface area contributed by atoms with E-state index in [4.69, 9.17) is 11.6 Å². The van der Waals surface area contributed by atoms with E-state index in [1.807, 2.05) is 48.0 Å². The number of nitrogens with zero attached hydrogens (tertiary/aromatic N) is 4. The van der Waals surface area contributed by atoms with Crippen molar-refractivity contribution in [3.05, 3.63) is 63.6 Å². The van der Waals surface area contributed by atoms with Crippen LogP contribution in [-0.4, -0.2) is 32.6 Å². The third-order valence-corrected chi connectivity index (χ3v) is 5.25. The lowest BCUT2D eigenvalue weighted by molar-refractivity contribution is -0.118. The first-order chi connectivity index (χ1) is 13.0. The van der Waals surface area contributed by atoms with Crippen molar-refractivity contribution in [3.8, 4) is 11.4 Å². The van der Waals surface area contributed by atoms with Gasteiger partial charge >= 0.3 is 0 Å². The molecular weight excluding hydrogens is 450 g/mol. The van der Waals surface area contributed by atoms with Gasteiger partial charge < -0.3 is 4.57 Å². The van der Waals surface area contributed by atoms with E-state index in [2.05, 4.69) is 36.7 Å². The van der Waals surface area contributed by atoms with Crippen LogP contribution in [0.2, 0.25) is 5.02 Å². The lowest BCUT2D eigenvalue weighted by Crippen LogP contribution is -2.19. The normalized spacial score (nSPS) is 11.1. The van der Waals surface area contributed by atoms with Crippen molar-refractivity contribution in [2.75, 3.05) is 5.75 Å². The van der Waals surface area contributed by atoms with Gasteiger partial charge in [-0.3, -0.25) is 4.79 Å². The summed E-state index contributed by atoms with van der Waals surface area (Å²) < 4.78 is 2.82. The monoisotopic (exact) mass is 463 g/mol. The van der Waals surface area contributed by atoms with Crippen LogP contribution in [0.15, 0.2) is 63.3 Å². The van der Waals surface area contributed by atoms with Crippen LogP contribution in [0.5, 0.6) is 0 Å². The maximum atomic E-state index is 12.0. The Morgan fingerprint density at radius 3 is 2.89 bits per heavy atom. The third kappa shape index (κ3) is 5.41. The Morgan fingerprint density at radius 2 is 2.11 bits per heavy atom. The lowest BCUT2D eigenvalue weighted by atomic mass is 10.2. The average molecular weight is 465 g/mol. The molecule has 0 atom stereocenters. The highest BCUT2D eigenvalue weighted by Crippen LogP contribution is 2.24. The first-order valence-corrected chi connectivity index (χ1v) is 10.0. The number of benzene rings is 2. The summed E-state index contributed by atoms with van der Waals surface area (Å²) in [5.74, 6) is 0.681. The molecule has 0 spiro atoms. The Labute approximate surface area is 174 Å². The molecule has 0 aliphatic carbocycles. The van der Waals surface area contributed by atoms with Gasteiger partial charge in [-0.05, 0) is 29.8 Å². The average Bonchev–Trinajstić information content (AvgIpc) is 3.01. The summed E-state index contributed by atoms with van der Waals surface area (Å²) in [6, 6.07) is 15.0. The van der Waals surface area contributed by atoms with Crippen LogP contribution in [0.1, 0.15) is 5.56 Å². The zero-order valence-electron chi connectivity index (χ0n) is 14.3. The molecule has 3 rings (SSSR count). The molecule has 2 aromatic carbocycles. The SMILES string of the molecule is Cn1c(SCC(=O)NN=Cc2cccc(Cl)c2)nnc1-c1cccc(Br)c1. The summed E-state index contributed by atoms with van der Waals surface area (Å²) in [5, 5.41) is 13.6. The van der Waals surface area contributed by atoms with Gasteiger partial charge in [0.1, 0.15) is 0 Å². The van der Waals surface area contributed by atoms with E-state index in [0.717, 1.165) is 21.4 Å². The van der Waals surface area contributed by atoms with E-state index in [9.17, 15) is 4.79 Å². The van der Waals surface area contributed by atoms with E-state index >= 15 is 0 Å². The van der Waals surface area contributed by atoms with Gasteiger partial charge in [0.25, 0.3) is 5.91 Å². The van der Waals surface area contributed by atoms with E-state index in [1.54, 1.807) is 18.3 Å². The third-order valence-electron chi connectivity index (χ3n) is 3.50. The van der Waals surface area contributed by atoms with Crippen molar-refractivity contribution in [2.24, 2.45) is 12.1 Å². The minimum absolute atomic E-state index is 0.178. The van der Waals surface area contributed by atoms with Crippen molar-refractivity contribution < 1.29 is 4.79 Å². The number of thioether (sulfide) groups is 1. The highest BCUT2D eigenvalue weighted by atomic mass is 79.9. The summed E-state index contributed by atoms with van der Waals surface area (Å²) in [6.45, 7) is 0. The largest absolute Gasteiger partial charge is 0.305 e. The maximum absolute atomic E-state index is 12.0. The van der Waals surface area contributed by atoms with E-state index in [-0.39, 0.29) is 11.7 Å². The molecule has 27 heavy (non-hydrogen) atoms. The van der Waals surface area contributed by atoms with Gasteiger partial charge in [-0.2, -0.15) is 5.10 Å². The summed E-state index contributed by atoms with van der Waals surface area (Å²) >= 11 is 10.6. The molecule has 9 heteroatoms. The molecule has 0 fully saturated rings. The molecule has 0 aliphatic heterocycles. The van der Waals surface area contributed by atoms with Gasteiger partial charge in [0.05, 0.1) is 12.0 Å². The molecule has 0 saturated carbocycles. The number of rotatable bonds is 6. The fraction of sp³-hybridized carbons (Fsp3) is 0.111. The number of carbonyl (C=O) groups is 1. The Bertz CT molecular complexity index is 991. The van der Waals surface area contributed by atoms with Crippen LogP contribution in [0, 0.1) is 0 Å². The lowest BCUT2D eigenvalue weighted by Gasteiger charge is -2.04. The fourth-order valence-electron chi connectivity index (χ4n) is 2.25. The molecule has 6 nitrogen and oxygen atoms in total. The number of amides is 1. The summed E-state index contributed by atoms with van der Waals surface area (Å²) in [7, 11) is 1.87. The zero-order chi connectivity index (χ0) is 19.2. The Balaban J connectivity index is 1.56. The smallest absolute Gasteiger partial charge is 0.250 e. The number of hydrazone groups is 1. The Kier molecular flexibility index (Phi) is 6.65. The van der Waals surface area contributed by atoms with Crippen molar-refractivity contribution >= 4 is 51.4 Å². The molecule has 1 heterocycles. The summed E-state index contributed by atoms with van der Waals surface area (Å²) in [4.78, 5) is 12.0. The van der Waals surface area contributed by atoms with E-state index < -0.39 is 0 Å². The van der Waals surface area contributed by atoms with Crippen LogP contribution in [0.25, 0.3) is 11.4 Å². The molecule has 0 saturated heterocycles. The quantitative estimate of drug-likeness (QED) is 0.338. The summed E-state index contributed by atoms with van der Waals surface area (Å²) in [5.41, 5.74) is 4.24. The molecule has 138 valence electrons. The van der Waals surface area contributed by atoms with Crippen molar-refractivity contribution in [1.29, 1.82) is 0 Å². The van der Waals surface area contributed by atoms with E-state index in [0.29, 0.717) is 10.2 Å². The minimum Gasteiger partial charge on any atom is -0.305 e. The van der Waals surface area contributed by atoms with Gasteiger partial charge in [-0.1, -0.05) is 63.6 Å². The number of carbonyl (C=O) groups excluding carboxylic acids is 1. The second-order valence-electron chi connectivity index (χ2n) is 5.51. The first kappa shape index (κ1) is 19.6. The Hall–Kier alpha value is -2.16. The van der Waals surface area contributed by atoms with Crippen molar-refractivity contribution in [3.63, 3.8) is 0 Å². The number of hydrogen-bond acceptors (Lipinski definition) is 5. The molecule has 0 unspecified atom stereocenters. The predicted octanol–water partition coefficient (Wildman–Crippen LogP) is 4.14. The molecule has 0 radical (unpaired) electrons. The van der Waals surface area contributed by atoms with Crippen LogP contribution in [-0.2, 0) is 11.8 Å². The van der Waals surface area contributed by atoms with Crippen LogP contribution in [0.4, 0.5) is 0 Å². The van der Waals surface area contributed by atoms with Crippen molar-refractivity contribution in [1.82, 2.24) is 20.2 Å². The fourth-order valence-corrected chi connectivity index (χ4v) is 3.55. The second kappa shape index (κ2) is 9.16. The van der Waals surface area contributed by atoms with Crippen LogP contribution < -0.4 is 5.43 Å². The summed E-state index contributed by atoms with van der Waals surface area (Å²) in [6.07, 6.45) is 1.54. The number of nitrogens with one attached hydrogen (secondary N) is 1. The zero-order valence-corrected chi connectivity index (χ0v) is 17.4. The number of halogens is 2. The highest BCUT2D eigenvalue weighted by Gasteiger charge is 2.13. The van der Waals surface area contributed by atoms with Gasteiger partial charge in [0.2, 0.25) is 0 Å². The van der Waals surface area contributed by atoms with Gasteiger partial charge in [0, 0.05) is 22.1 Å². The topological polar surface area (TPSA) is 72.2 Å². The molecule has 0 aliphatic rings. The Morgan fingerprint density at radius 1 is 1.30 bits per heavy atom. The molecule has 1 amide bonds. The highest BCUT2D eigenvalue weighted by molar-refractivity contribution is 9.10. The van der Waals surface area contributed by atoms with Crippen molar-refractivity contribution in [2.45, 2.75) is 5.16 Å². The minimum atomic E-state index is -0.231. The predicted molar refractivity (Wildman–Crippen MR) is 112 cm³/mol. The maximum Gasteiger partial charge on any atom is 0.250 e. The van der Waals surface area contributed by atoms with Crippen LogP contribution >= 0.6 is 39.3 Å². The number of hydrogen-bond donors (Lipinski definition) is 1. The number of aromatic nitrogens is 3. The molecular formula is C18H15BrClN5OS. The van der Waals surface area contributed by atoms with Crippen LogP contribution in [0.3, 0.4) is 0 Å². The van der Waals surface area contributed by atoms with Gasteiger partial charge in [0.15, 0.2) is 11.0 Å². The molecule has 3 aromatic rings. The van der Waals surface area contributed by atoms with Gasteiger partial charge in [-0.15, -0.1) is 10.2 Å². The second-order valence-corrected chi connectivity index (χ2v) is 7.81. The molecule has 0 bridgehead atoms. The standard InChI is InChI=1S/C18H15BrClN5OS/c1-25-17(13-5-3-6-14(19)9-13)23-24-18(25)27-11-16(26)22-21-10-12-4-2-7-15(20)8-12/h2-10H,11H2,1H3,(H,22,26). The van der Waals surface area contributed by atoms with E-state index in [1.165, 1.54) is 11.8 Å². The first-order valence-electron chi connectivity index (χ1n) is 7.88. The van der Waals surface area contributed by atoms with Gasteiger partial charge in [-0.25, -0.2) is 5.43 Å². The molecule has 1 aromatic heterocycles. The molecule has 1 N–H and O–H groups in total.